The first-order chi connectivity index (χ1) is 8.42. The van der Waals surface area contributed by atoms with Gasteiger partial charge in [0.15, 0.2) is 11.5 Å². The van der Waals surface area contributed by atoms with Crippen molar-refractivity contribution in [2.45, 2.75) is 19.3 Å². The van der Waals surface area contributed by atoms with Crippen LogP contribution in [0.15, 0.2) is 18.2 Å². The fourth-order valence-corrected chi connectivity index (χ4v) is 2.65. The summed E-state index contributed by atoms with van der Waals surface area (Å²) in [6, 6.07) is 6.35. The highest BCUT2D eigenvalue weighted by Crippen LogP contribution is 2.31. The normalized spacial score (nSPS) is 23.4. The standard InChI is InChI=1S/C14H19NO2/c1-2-12(10-15-5-1)8-11-3-4-13-14(9-11)17-7-6-16-13/h3-4,9,12,15H,1-2,5-8,10H2. The number of nitrogens with one attached hydrogen (secondary N) is 1. The van der Waals surface area contributed by atoms with Crippen LogP contribution in [0.25, 0.3) is 0 Å². The third-order valence-corrected chi connectivity index (χ3v) is 3.53. The first-order valence-corrected chi connectivity index (χ1v) is 6.51. The molecular formula is C14H19NO2. The minimum absolute atomic E-state index is 0.666. The Kier molecular flexibility index (Phi) is 3.18. The van der Waals surface area contributed by atoms with Crippen LogP contribution in [0.4, 0.5) is 0 Å². The van der Waals surface area contributed by atoms with Crippen LogP contribution in [0.1, 0.15) is 18.4 Å². The maximum Gasteiger partial charge on any atom is 0.161 e. The summed E-state index contributed by atoms with van der Waals surface area (Å²) in [5.74, 6) is 2.57. The van der Waals surface area contributed by atoms with Crippen molar-refractivity contribution >= 4 is 0 Å². The molecule has 0 saturated carbocycles. The fourth-order valence-electron chi connectivity index (χ4n) is 2.65. The number of fused-ring (bicyclic) bond motifs is 1. The van der Waals surface area contributed by atoms with Crippen LogP contribution in [0, 0.1) is 5.92 Å². The monoisotopic (exact) mass is 233 g/mol. The van der Waals surface area contributed by atoms with Crippen molar-refractivity contribution in [1.82, 2.24) is 5.32 Å². The van der Waals surface area contributed by atoms with Crippen LogP contribution in [0.3, 0.4) is 0 Å². The molecule has 17 heavy (non-hydrogen) atoms. The largest absolute Gasteiger partial charge is 0.486 e. The van der Waals surface area contributed by atoms with Gasteiger partial charge < -0.3 is 14.8 Å². The van der Waals surface area contributed by atoms with Gasteiger partial charge in [0.1, 0.15) is 13.2 Å². The maximum absolute atomic E-state index is 5.61. The average molecular weight is 233 g/mol. The Morgan fingerprint density at radius 3 is 2.88 bits per heavy atom. The highest BCUT2D eigenvalue weighted by atomic mass is 16.6. The van der Waals surface area contributed by atoms with Gasteiger partial charge in [-0.3, -0.25) is 0 Å². The van der Waals surface area contributed by atoms with Gasteiger partial charge in [-0.15, -0.1) is 0 Å². The summed E-state index contributed by atoms with van der Waals surface area (Å²) in [6.07, 6.45) is 3.78. The van der Waals surface area contributed by atoms with Crippen molar-refractivity contribution in [3.63, 3.8) is 0 Å². The van der Waals surface area contributed by atoms with Crippen LogP contribution in [-0.4, -0.2) is 26.3 Å². The smallest absolute Gasteiger partial charge is 0.161 e. The quantitative estimate of drug-likeness (QED) is 0.847. The molecule has 0 aliphatic carbocycles. The van der Waals surface area contributed by atoms with Crippen molar-refractivity contribution in [3.8, 4) is 11.5 Å². The van der Waals surface area contributed by atoms with Crippen LogP contribution in [0.5, 0.6) is 11.5 Å². The Bertz CT molecular complexity index is 386. The molecule has 1 fully saturated rings. The lowest BCUT2D eigenvalue weighted by Crippen LogP contribution is -2.30. The minimum atomic E-state index is 0.666. The second kappa shape index (κ2) is 4.96. The Labute approximate surface area is 102 Å². The lowest BCUT2D eigenvalue weighted by atomic mass is 9.92. The van der Waals surface area contributed by atoms with Crippen LogP contribution >= 0.6 is 0 Å². The Balaban J connectivity index is 1.70. The number of hydrogen-bond acceptors (Lipinski definition) is 3. The summed E-state index contributed by atoms with van der Waals surface area (Å²) < 4.78 is 11.1. The molecule has 1 aromatic carbocycles. The highest BCUT2D eigenvalue weighted by molar-refractivity contribution is 5.43. The van der Waals surface area contributed by atoms with E-state index in [9.17, 15) is 0 Å². The lowest BCUT2D eigenvalue weighted by Gasteiger charge is -2.24. The summed E-state index contributed by atoms with van der Waals surface area (Å²) in [6.45, 7) is 3.66. The zero-order chi connectivity index (χ0) is 11.5. The SMILES string of the molecule is c1cc2c(cc1CC1CCCNC1)OCCO2. The van der Waals surface area contributed by atoms with E-state index >= 15 is 0 Å². The van der Waals surface area contributed by atoms with E-state index in [2.05, 4.69) is 17.4 Å². The Hall–Kier alpha value is -1.22. The lowest BCUT2D eigenvalue weighted by molar-refractivity contribution is 0.171. The third kappa shape index (κ3) is 2.55. The second-order valence-electron chi connectivity index (χ2n) is 4.89. The third-order valence-electron chi connectivity index (χ3n) is 3.53. The molecule has 0 spiro atoms. The molecule has 92 valence electrons. The summed E-state index contributed by atoms with van der Waals surface area (Å²) in [4.78, 5) is 0. The highest BCUT2D eigenvalue weighted by Gasteiger charge is 2.16. The summed E-state index contributed by atoms with van der Waals surface area (Å²) in [7, 11) is 0. The van der Waals surface area contributed by atoms with Gasteiger partial charge in [-0.25, -0.2) is 0 Å². The molecular weight excluding hydrogens is 214 g/mol. The number of hydrogen-bond donors (Lipinski definition) is 1. The van der Waals surface area contributed by atoms with Crippen molar-refractivity contribution in [2.24, 2.45) is 5.92 Å². The summed E-state index contributed by atoms with van der Waals surface area (Å²) in [5, 5.41) is 3.46. The van der Waals surface area contributed by atoms with E-state index in [1.807, 2.05) is 6.07 Å². The van der Waals surface area contributed by atoms with Crippen molar-refractivity contribution in [2.75, 3.05) is 26.3 Å². The van der Waals surface area contributed by atoms with Crippen molar-refractivity contribution in [3.05, 3.63) is 23.8 Å². The molecule has 3 heteroatoms. The van der Waals surface area contributed by atoms with Crippen LogP contribution in [-0.2, 0) is 6.42 Å². The van der Waals surface area contributed by atoms with Crippen molar-refractivity contribution < 1.29 is 9.47 Å². The average Bonchev–Trinajstić information content (AvgIpc) is 2.40. The van der Waals surface area contributed by atoms with Gasteiger partial charge in [0.05, 0.1) is 0 Å². The molecule has 3 nitrogen and oxygen atoms in total. The van der Waals surface area contributed by atoms with Gasteiger partial charge in [-0.05, 0) is 56.0 Å². The van der Waals surface area contributed by atoms with E-state index in [-0.39, 0.29) is 0 Å². The molecule has 0 amide bonds. The molecule has 1 aromatic rings. The Morgan fingerprint density at radius 2 is 2.06 bits per heavy atom. The van der Waals surface area contributed by atoms with Gasteiger partial charge in [0.25, 0.3) is 0 Å². The predicted octanol–water partition coefficient (Wildman–Crippen LogP) is 2.00. The fraction of sp³-hybridized carbons (Fsp3) is 0.571. The van der Waals surface area contributed by atoms with Crippen LogP contribution < -0.4 is 14.8 Å². The second-order valence-corrected chi connectivity index (χ2v) is 4.89. The molecule has 2 aliphatic rings. The van der Waals surface area contributed by atoms with Gasteiger partial charge >= 0.3 is 0 Å². The van der Waals surface area contributed by atoms with E-state index in [1.54, 1.807) is 0 Å². The minimum Gasteiger partial charge on any atom is -0.486 e. The molecule has 2 heterocycles. The Morgan fingerprint density at radius 1 is 1.18 bits per heavy atom. The zero-order valence-corrected chi connectivity index (χ0v) is 10.1. The topological polar surface area (TPSA) is 30.5 Å². The summed E-state index contributed by atoms with van der Waals surface area (Å²) >= 11 is 0. The molecule has 0 radical (unpaired) electrons. The van der Waals surface area contributed by atoms with Crippen molar-refractivity contribution in [1.29, 1.82) is 0 Å². The molecule has 3 rings (SSSR count). The van der Waals surface area contributed by atoms with Gasteiger partial charge in [-0.2, -0.15) is 0 Å². The zero-order valence-electron chi connectivity index (χ0n) is 10.1. The number of benzene rings is 1. The van der Waals surface area contributed by atoms with E-state index in [1.165, 1.54) is 24.9 Å². The molecule has 2 aliphatic heterocycles. The van der Waals surface area contributed by atoms with Gasteiger partial charge in [0, 0.05) is 0 Å². The molecule has 1 unspecified atom stereocenters. The first kappa shape index (κ1) is 10.9. The van der Waals surface area contributed by atoms with E-state index in [0.717, 1.165) is 30.4 Å². The van der Waals surface area contributed by atoms with E-state index in [4.69, 9.17) is 9.47 Å². The number of ether oxygens (including phenoxy) is 2. The number of rotatable bonds is 2. The van der Waals surface area contributed by atoms with E-state index in [0.29, 0.717) is 13.2 Å². The summed E-state index contributed by atoms with van der Waals surface area (Å²) in [5.41, 5.74) is 1.36. The van der Waals surface area contributed by atoms with E-state index < -0.39 is 0 Å². The molecule has 1 saturated heterocycles. The first-order valence-electron chi connectivity index (χ1n) is 6.51. The molecule has 1 atom stereocenters. The molecule has 0 bridgehead atoms. The maximum atomic E-state index is 5.61. The van der Waals surface area contributed by atoms with Crippen LogP contribution in [0.2, 0.25) is 0 Å². The van der Waals surface area contributed by atoms with Gasteiger partial charge in [-0.1, -0.05) is 6.07 Å². The van der Waals surface area contributed by atoms with Gasteiger partial charge in [0.2, 0.25) is 0 Å². The molecule has 0 aromatic heterocycles. The molecule has 1 N–H and O–H groups in total. The predicted molar refractivity (Wildman–Crippen MR) is 66.7 cm³/mol. The number of piperidine rings is 1.